The molecule has 1 aromatic carbocycles. The number of nitriles is 1. The van der Waals surface area contributed by atoms with Crippen LogP contribution >= 0.6 is 0 Å². The van der Waals surface area contributed by atoms with Gasteiger partial charge in [0.1, 0.15) is 0 Å². The second kappa shape index (κ2) is 9.37. The minimum Gasteiger partial charge on any atom is -0.468 e. The molecule has 31 heavy (non-hydrogen) atoms. The molecule has 0 aliphatic heterocycles. The second-order valence-electron chi connectivity index (χ2n) is 5.82. The van der Waals surface area contributed by atoms with E-state index in [9.17, 15) is 31.1 Å². The van der Waals surface area contributed by atoms with Crippen molar-refractivity contribution < 1.29 is 40.6 Å². The van der Waals surface area contributed by atoms with Crippen LogP contribution in [0.3, 0.4) is 0 Å². The molecule has 1 heterocycles. The molecular formula is C17H13F6N5O3. The zero-order chi connectivity index (χ0) is 23.2. The largest absolute Gasteiger partial charge is 0.468 e. The van der Waals surface area contributed by atoms with E-state index in [1.54, 1.807) is 0 Å². The monoisotopic (exact) mass is 449 g/mol. The highest BCUT2D eigenvalue weighted by molar-refractivity contribution is 6.00. The third kappa shape index (κ3) is 7.88. The first-order valence-corrected chi connectivity index (χ1v) is 8.19. The number of benzene rings is 1. The summed E-state index contributed by atoms with van der Waals surface area (Å²) in [5.41, 5.74) is 0.663. The van der Waals surface area contributed by atoms with E-state index in [1.807, 2.05) is 6.07 Å². The predicted molar refractivity (Wildman–Crippen MR) is 93.7 cm³/mol. The highest BCUT2D eigenvalue weighted by atomic mass is 19.4. The van der Waals surface area contributed by atoms with E-state index in [1.165, 1.54) is 31.3 Å². The number of hydrogen-bond donors (Lipinski definition) is 1. The lowest BCUT2D eigenvalue weighted by atomic mass is 10.2. The lowest BCUT2D eigenvalue weighted by molar-refractivity contribution is -0.154. The lowest BCUT2D eigenvalue weighted by Crippen LogP contribution is -2.32. The van der Waals surface area contributed by atoms with Gasteiger partial charge in [0, 0.05) is 12.7 Å². The number of urea groups is 1. The van der Waals surface area contributed by atoms with Crippen molar-refractivity contribution in [2.75, 3.05) is 30.5 Å². The van der Waals surface area contributed by atoms with Crippen molar-refractivity contribution in [1.82, 2.24) is 9.97 Å². The van der Waals surface area contributed by atoms with Gasteiger partial charge in [-0.05, 0) is 24.3 Å². The SMILES string of the molecule is CN(C(=O)Nc1nc(OCC(F)(F)F)cc(OCC(F)(F)F)n1)c1ccc(C#N)cc1. The first-order valence-electron chi connectivity index (χ1n) is 8.19. The predicted octanol–water partition coefficient (Wildman–Crippen LogP) is 3.90. The number of rotatable bonds is 6. The number of nitrogens with zero attached hydrogens (tertiary/aromatic N) is 4. The van der Waals surface area contributed by atoms with Crippen LogP contribution in [-0.2, 0) is 0 Å². The maximum atomic E-state index is 12.4. The molecule has 2 rings (SSSR count). The number of ether oxygens (including phenoxy) is 2. The van der Waals surface area contributed by atoms with Crippen LogP contribution in [-0.4, -0.2) is 48.6 Å². The number of hydrogen-bond acceptors (Lipinski definition) is 6. The molecule has 0 bridgehead atoms. The molecule has 0 spiro atoms. The van der Waals surface area contributed by atoms with Gasteiger partial charge in [0.25, 0.3) is 0 Å². The Balaban J connectivity index is 2.21. The van der Waals surface area contributed by atoms with E-state index >= 15 is 0 Å². The van der Waals surface area contributed by atoms with Crippen molar-refractivity contribution in [3.8, 4) is 17.8 Å². The Labute approximate surface area is 171 Å². The Morgan fingerprint density at radius 1 is 1.03 bits per heavy atom. The Morgan fingerprint density at radius 3 is 1.94 bits per heavy atom. The number of nitrogens with one attached hydrogen (secondary N) is 1. The van der Waals surface area contributed by atoms with Crippen LogP contribution in [0.25, 0.3) is 0 Å². The number of aromatic nitrogens is 2. The molecule has 0 aliphatic rings. The van der Waals surface area contributed by atoms with Crippen LogP contribution in [0.15, 0.2) is 30.3 Å². The third-order valence-electron chi connectivity index (χ3n) is 3.35. The van der Waals surface area contributed by atoms with Crippen LogP contribution in [0.5, 0.6) is 11.8 Å². The molecule has 2 amide bonds. The van der Waals surface area contributed by atoms with Gasteiger partial charge in [-0.3, -0.25) is 10.2 Å². The lowest BCUT2D eigenvalue weighted by Gasteiger charge is -2.18. The normalized spacial score (nSPS) is 11.4. The highest BCUT2D eigenvalue weighted by Crippen LogP contribution is 2.24. The van der Waals surface area contributed by atoms with E-state index in [-0.39, 0.29) is 0 Å². The van der Waals surface area contributed by atoms with Crippen LogP contribution < -0.4 is 19.7 Å². The van der Waals surface area contributed by atoms with Gasteiger partial charge in [-0.2, -0.15) is 41.6 Å². The quantitative estimate of drug-likeness (QED) is 0.672. The topological polar surface area (TPSA) is 100 Å². The average molecular weight is 449 g/mol. The fourth-order valence-corrected chi connectivity index (χ4v) is 1.98. The van der Waals surface area contributed by atoms with Crippen LogP contribution in [0, 0.1) is 11.3 Å². The fraction of sp³-hybridized carbons (Fsp3) is 0.294. The van der Waals surface area contributed by atoms with Gasteiger partial charge in [-0.1, -0.05) is 0 Å². The number of halogens is 6. The summed E-state index contributed by atoms with van der Waals surface area (Å²) in [6, 6.07) is 7.40. The smallest absolute Gasteiger partial charge is 0.422 e. The number of anilines is 2. The van der Waals surface area contributed by atoms with Crippen LogP contribution in [0.1, 0.15) is 5.56 Å². The fourth-order valence-electron chi connectivity index (χ4n) is 1.98. The zero-order valence-electron chi connectivity index (χ0n) is 15.6. The molecule has 14 heteroatoms. The summed E-state index contributed by atoms with van der Waals surface area (Å²) in [4.78, 5) is 20.5. The Bertz CT molecular complexity index is 920. The van der Waals surface area contributed by atoms with Gasteiger partial charge in [0.2, 0.25) is 17.7 Å². The van der Waals surface area contributed by atoms with E-state index < -0.39 is 49.3 Å². The van der Waals surface area contributed by atoms with Crippen molar-refractivity contribution in [2.24, 2.45) is 0 Å². The third-order valence-corrected chi connectivity index (χ3v) is 3.35. The molecule has 8 nitrogen and oxygen atoms in total. The van der Waals surface area contributed by atoms with E-state index in [2.05, 4.69) is 24.8 Å². The second-order valence-corrected chi connectivity index (χ2v) is 5.82. The van der Waals surface area contributed by atoms with Crippen molar-refractivity contribution in [3.63, 3.8) is 0 Å². The van der Waals surface area contributed by atoms with E-state index in [0.717, 1.165) is 4.90 Å². The summed E-state index contributed by atoms with van der Waals surface area (Å²) < 4.78 is 83.0. The number of alkyl halides is 6. The van der Waals surface area contributed by atoms with Gasteiger partial charge < -0.3 is 9.47 Å². The summed E-state index contributed by atoms with van der Waals surface area (Å²) in [5, 5.41) is 10.9. The molecule has 1 aromatic heterocycles. The number of carbonyl (C=O) groups is 1. The molecule has 0 saturated heterocycles. The van der Waals surface area contributed by atoms with Gasteiger partial charge in [-0.25, -0.2) is 4.79 Å². The first-order chi connectivity index (χ1) is 14.4. The molecule has 2 aromatic rings. The van der Waals surface area contributed by atoms with E-state index in [4.69, 9.17) is 5.26 Å². The Hall–Kier alpha value is -3.76. The summed E-state index contributed by atoms with van der Waals surface area (Å²) >= 11 is 0. The summed E-state index contributed by atoms with van der Waals surface area (Å²) in [6.07, 6.45) is -9.48. The van der Waals surface area contributed by atoms with Gasteiger partial charge >= 0.3 is 18.4 Å². The molecule has 0 atom stereocenters. The average Bonchev–Trinajstić information content (AvgIpc) is 2.69. The maximum absolute atomic E-state index is 12.4. The van der Waals surface area contributed by atoms with Gasteiger partial charge in [0.15, 0.2) is 13.2 Å². The van der Waals surface area contributed by atoms with Crippen molar-refractivity contribution in [2.45, 2.75) is 12.4 Å². The van der Waals surface area contributed by atoms with Crippen molar-refractivity contribution in [1.29, 1.82) is 5.26 Å². The number of carbonyl (C=O) groups excluding carboxylic acids is 1. The Morgan fingerprint density at radius 2 is 1.52 bits per heavy atom. The summed E-state index contributed by atoms with van der Waals surface area (Å²) in [5.74, 6) is -2.18. The molecule has 0 radical (unpaired) electrons. The van der Waals surface area contributed by atoms with Crippen LogP contribution in [0.2, 0.25) is 0 Å². The molecule has 0 aliphatic carbocycles. The van der Waals surface area contributed by atoms with Crippen LogP contribution in [0.4, 0.5) is 42.8 Å². The van der Waals surface area contributed by atoms with Gasteiger partial charge in [0.05, 0.1) is 17.7 Å². The summed E-state index contributed by atoms with van der Waals surface area (Å²) in [6.45, 7) is -3.55. The molecular weight excluding hydrogens is 436 g/mol. The summed E-state index contributed by atoms with van der Waals surface area (Å²) in [7, 11) is 1.32. The Kier molecular flexibility index (Phi) is 7.11. The minimum atomic E-state index is -4.74. The zero-order valence-corrected chi connectivity index (χ0v) is 15.6. The molecule has 0 fully saturated rings. The van der Waals surface area contributed by atoms with E-state index in [0.29, 0.717) is 17.3 Å². The highest BCUT2D eigenvalue weighted by Gasteiger charge is 2.30. The molecule has 0 saturated carbocycles. The first kappa shape index (κ1) is 23.5. The maximum Gasteiger partial charge on any atom is 0.422 e. The van der Waals surface area contributed by atoms with Crippen molar-refractivity contribution in [3.05, 3.63) is 35.9 Å². The van der Waals surface area contributed by atoms with Crippen molar-refractivity contribution >= 4 is 17.7 Å². The molecule has 0 unspecified atom stereocenters. The molecule has 1 N–H and O–H groups in total. The molecule has 166 valence electrons. The van der Waals surface area contributed by atoms with Gasteiger partial charge in [-0.15, -0.1) is 0 Å². The number of amides is 2. The standard InChI is InChI=1S/C17H13F6N5O3/c1-28(11-4-2-10(7-24)3-5-11)15(29)27-14-25-12(30-8-16(18,19)20)6-13(26-14)31-9-17(21,22)23/h2-6H,8-9H2,1H3,(H,25,26,27,29). The minimum absolute atomic E-state index is 0.328.